The highest BCUT2D eigenvalue weighted by atomic mass is 19.4. The highest BCUT2D eigenvalue weighted by Crippen LogP contribution is 2.46. The summed E-state index contributed by atoms with van der Waals surface area (Å²) in [5.74, 6) is 0. The maximum atomic E-state index is 15.2. The van der Waals surface area contributed by atoms with Gasteiger partial charge in [-0.15, -0.1) is 0 Å². The number of aromatic nitrogens is 4. The van der Waals surface area contributed by atoms with Crippen LogP contribution in [0, 0.1) is 22.7 Å². The Balaban J connectivity index is 1.09. The molecule has 0 aliphatic carbocycles. The highest BCUT2D eigenvalue weighted by molar-refractivity contribution is 6.15. The standard InChI is InChI=1S/C63H35F3N6/c64-63(65,66)51-21-13-14-38(36-67)62(51)48-35-61(72-57-27-12-6-20-47(57)50-34-41(29-31-59(50)72)70-54-24-9-3-17-44(54)45-18-4-10-25-55(45)70)60(32-39(48)37-68)71-56-26-11-5-19-46(56)49-33-40(28-30-58(49)71)69-52-22-7-1-15-42(52)43-16-2-8-23-53(43)69/h1-35H. The molecule has 0 saturated carbocycles. The van der Waals surface area contributed by atoms with Gasteiger partial charge in [-0.2, -0.15) is 23.7 Å². The van der Waals surface area contributed by atoms with Crippen LogP contribution in [0.2, 0.25) is 0 Å². The average molecular weight is 933 g/mol. The summed E-state index contributed by atoms with van der Waals surface area (Å²) in [4.78, 5) is 0. The lowest BCUT2D eigenvalue weighted by molar-refractivity contribution is -0.137. The van der Waals surface area contributed by atoms with Crippen LogP contribution >= 0.6 is 0 Å². The normalized spacial score (nSPS) is 12.1. The largest absolute Gasteiger partial charge is 0.417 e. The molecule has 0 amide bonds. The first-order valence-electron chi connectivity index (χ1n) is 23.5. The van der Waals surface area contributed by atoms with Crippen molar-refractivity contribution in [3.05, 3.63) is 229 Å². The van der Waals surface area contributed by atoms with Crippen LogP contribution in [0.3, 0.4) is 0 Å². The molecule has 0 fully saturated rings. The molecule has 0 N–H and O–H groups in total. The topological polar surface area (TPSA) is 67.3 Å². The van der Waals surface area contributed by atoms with Crippen molar-refractivity contribution >= 4 is 87.2 Å². The van der Waals surface area contributed by atoms with Gasteiger partial charge in [-0.05, 0) is 97.1 Å². The van der Waals surface area contributed by atoms with Gasteiger partial charge in [-0.25, -0.2) is 0 Å². The number of benzene rings is 10. The molecule has 6 nitrogen and oxygen atoms in total. The van der Waals surface area contributed by atoms with Crippen molar-refractivity contribution in [2.45, 2.75) is 6.18 Å². The fraction of sp³-hybridized carbons (Fsp3) is 0.0159. The summed E-state index contributed by atoms with van der Waals surface area (Å²) in [6.45, 7) is 0. The fourth-order valence-corrected chi connectivity index (χ4v) is 11.5. The Morgan fingerprint density at radius 1 is 0.319 bits per heavy atom. The van der Waals surface area contributed by atoms with Crippen LogP contribution in [0.15, 0.2) is 212 Å². The van der Waals surface area contributed by atoms with Crippen LogP contribution in [-0.4, -0.2) is 18.3 Å². The first-order valence-corrected chi connectivity index (χ1v) is 23.5. The molecule has 4 aromatic heterocycles. The number of fused-ring (bicyclic) bond motifs is 12. The van der Waals surface area contributed by atoms with Crippen LogP contribution in [-0.2, 0) is 6.18 Å². The molecule has 0 aliphatic heterocycles. The van der Waals surface area contributed by atoms with E-state index in [9.17, 15) is 10.5 Å². The molecule has 0 aliphatic rings. The van der Waals surface area contributed by atoms with Crippen molar-refractivity contribution in [3.63, 3.8) is 0 Å². The molecule has 0 unspecified atom stereocenters. The molecular weight excluding hydrogens is 898 g/mol. The van der Waals surface area contributed by atoms with Gasteiger partial charge in [0.05, 0.1) is 84.3 Å². The third kappa shape index (κ3) is 5.83. The molecule has 9 heteroatoms. The summed E-state index contributed by atoms with van der Waals surface area (Å²) in [6.07, 6.45) is -4.83. The molecule has 10 aromatic carbocycles. The number of nitriles is 2. The predicted molar refractivity (Wildman–Crippen MR) is 284 cm³/mol. The van der Waals surface area contributed by atoms with Crippen LogP contribution in [0.5, 0.6) is 0 Å². The molecule has 338 valence electrons. The molecule has 72 heavy (non-hydrogen) atoms. The van der Waals surface area contributed by atoms with E-state index in [2.05, 4.69) is 134 Å². The van der Waals surface area contributed by atoms with Crippen LogP contribution in [0.4, 0.5) is 13.2 Å². The summed E-state index contributed by atoms with van der Waals surface area (Å²) < 4.78 is 54.3. The Hall–Kier alpha value is -9.83. The summed E-state index contributed by atoms with van der Waals surface area (Å²) >= 11 is 0. The minimum absolute atomic E-state index is 0.00275. The van der Waals surface area contributed by atoms with E-state index in [4.69, 9.17) is 0 Å². The van der Waals surface area contributed by atoms with Gasteiger partial charge < -0.3 is 18.3 Å². The third-order valence-corrected chi connectivity index (χ3v) is 14.5. The lowest BCUT2D eigenvalue weighted by Gasteiger charge is -2.21. The quantitative estimate of drug-likeness (QED) is 0.173. The van der Waals surface area contributed by atoms with Gasteiger partial charge in [0.1, 0.15) is 0 Å². The van der Waals surface area contributed by atoms with Crippen LogP contribution in [0.1, 0.15) is 16.7 Å². The molecule has 14 aromatic rings. The average Bonchev–Trinajstić information content (AvgIpc) is 4.15. The number of hydrogen-bond donors (Lipinski definition) is 0. The van der Waals surface area contributed by atoms with Gasteiger partial charge >= 0.3 is 6.18 Å². The van der Waals surface area contributed by atoms with E-state index in [1.807, 2.05) is 78.9 Å². The Kier molecular flexibility index (Phi) is 8.77. The molecule has 14 rings (SSSR count). The second-order valence-corrected chi connectivity index (χ2v) is 18.2. The first-order chi connectivity index (χ1) is 35.3. The zero-order valence-corrected chi connectivity index (χ0v) is 38.0. The number of halogens is 3. The SMILES string of the molecule is N#Cc1cc(-n2c3ccccc3c3cc(-n4c5ccccc5c5ccccc54)ccc32)c(-n2c3ccccc3c3cc(-n4c5ccccc5c5ccccc54)ccc32)cc1-c1c(C#N)cccc1C(F)(F)F. The maximum Gasteiger partial charge on any atom is 0.417 e. The third-order valence-electron chi connectivity index (χ3n) is 14.5. The van der Waals surface area contributed by atoms with Crippen molar-refractivity contribution in [1.29, 1.82) is 10.5 Å². The Labute approximate surface area is 408 Å². The van der Waals surface area contributed by atoms with E-state index in [1.165, 1.54) is 12.1 Å². The lowest BCUT2D eigenvalue weighted by Crippen LogP contribution is -2.10. The lowest BCUT2D eigenvalue weighted by atomic mass is 9.90. The smallest absolute Gasteiger partial charge is 0.309 e. The van der Waals surface area contributed by atoms with Crippen molar-refractivity contribution in [1.82, 2.24) is 18.3 Å². The van der Waals surface area contributed by atoms with E-state index in [0.717, 1.165) is 105 Å². The minimum atomic E-state index is -4.83. The maximum absolute atomic E-state index is 15.2. The number of hydrogen-bond acceptors (Lipinski definition) is 2. The van der Waals surface area contributed by atoms with Crippen molar-refractivity contribution in [3.8, 4) is 46.0 Å². The van der Waals surface area contributed by atoms with E-state index < -0.39 is 11.7 Å². The molecule has 4 heterocycles. The highest BCUT2D eigenvalue weighted by Gasteiger charge is 2.36. The summed E-state index contributed by atoms with van der Waals surface area (Å²) in [5, 5.41) is 29.9. The Morgan fingerprint density at radius 3 is 1.06 bits per heavy atom. The monoisotopic (exact) mass is 932 g/mol. The molecular formula is C63H35F3N6. The summed E-state index contributed by atoms with van der Waals surface area (Å²) in [6, 6.07) is 73.6. The molecule has 0 bridgehead atoms. The Bertz CT molecular complexity index is 4610. The van der Waals surface area contributed by atoms with Crippen molar-refractivity contribution < 1.29 is 13.2 Å². The summed E-state index contributed by atoms with van der Waals surface area (Å²) in [7, 11) is 0. The second kappa shape index (κ2) is 15.3. The molecule has 0 saturated heterocycles. The van der Waals surface area contributed by atoms with E-state index in [-0.39, 0.29) is 22.3 Å². The number of para-hydroxylation sites is 6. The zero-order chi connectivity index (χ0) is 48.4. The van der Waals surface area contributed by atoms with Gasteiger partial charge in [-0.3, -0.25) is 0 Å². The van der Waals surface area contributed by atoms with Gasteiger partial charge in [0.2, 0.25) is 0 Å². The Morgan fingerprint density at radius 2 is 0.667 bits per heavy atom. The summed E-state index contributed by atoms with van der Waals surface area (Å²) in [5.41, 5.74) is 9.02. The van der Waals surface area contributed by atoms with Crippen molar-refractivity contribution in [2.75, 3.05) is 0 Å². The van der Waals surface area contributed by atoms with E-state index >= 15 is 13.2 Å². The number of nitrogens with zero attached hydrogens (tertiary/aromatic N) is 6. The number of rotatable bonds is 5. The predicted octanol–water partition coefficient (Wildman–Crippen LogP) is 16.5. The zero-order valence-electron chi connectivity index (χ0n) is 38.0. The van der Waals surface area contributed by atoms with Gasteiger partial charge in [0, 0.05) is 65.6 Å². The van der Waals surface area contributed by atoms with E-state index in [1.54, 1.807) is 12.1 Å². The number of alkyl halides is 3. The molecule has 0 atom stereocenters. The van der Waals surface area contributed by atoms with Crippen molar-refractivity contribution in [2.24, 2.45) is 0 Å². The van der Waals surface area contributed by atoms with Gasteiger partial charge in [0.15, 0.2) is 0 Å². The van der Waals surface area contributed by atoms with Gasteiger partial charge in [0.25, 0.3) is 0 Å². The second-order valence-electron chi connectivity index (χ2n) is 18.2. The fourth-order valence-electron chi connectivity index (χ4n) is 11.5. The molecule has 0 spiro atoms. The first kappa shape index (κ1) is 41.2. The van der Waals surface area contributed by atoms with Gasteiger partial charge in [-0.1, -0.05) is 115 Å². The van der Waals surface area contributed by atoms with Crippen LogP contribution in [0.25, 0.3) is 121 Å². The molecule has 0 radical (unpaired) electrons. The van der Waals surface area contributed by atoms with E-state index in [0.29, 0.717) is 11.4 Å². The van der Waals surface area contributed by atoms with Crippen LogP contribution < -0.4 is 0 Å². The minimum Gasteiger partial charge on any atom is -0.309 e.